The Kier molecular flexibility index (Phi) is 2.87. The number of hydrogen-bond acceptors (Lipinski definition) is 4. The van der Waals surface area contributed by atoms with Crippen LogP contribution < -0.4 is 5.73 Å². The monoisotopic (exact) mass is 206 g/mol. The third-order valence-corrected chi connectivity index (χ3v) is 2.23. The quantitative estimate of drug-likeness (QED) is 0.832. The molecule has 0 aliphatic carbocycles. The molecule has 0 saturated carbocycles. The number of nitrogens with two attached hydrogens (primary N) is 1. The van der Waals surface area contributed by atoms with E-state index in [9.17, 15) is 0 Å². The highest BCUT2D eigenvalue weighted by Crippen LogP contribution is 2.22. The minimum atomic E-state index is 0.546. The van der Waals surface area contributed by atoms with E-state index in [-0.39, 0.29) is 0 Å². The van der Waals surface area contributed by atoms with Crippen LogP contribution in [0.25, 0.3) is 11.7 Å². The molecule has 0 aliphatic heterocycles. The average molecular weight is 206 g/mol. The van der Waals surface area contributed by atoms with Crippen molar-refractivity contribution in [2.75, 3.05) is 6.54 Å². The molecular weight excluding hydrogens is 192 g/mol. The van der Waals surface area contributed by atoms with Crippen molar-refractivity contribution in [3.63, 3.8) is 0 Å². The van der Waals surface area contributed by atoms with Crippen molar-refractivity contribution >= 4 is 0 Å². The van der Waals surface area contributed by atoms with Crippen molar-refractivity contribution in [2.24, 2.45) is 5.73 Å². The molecule has 0 aliphatic rings. The Labute approximate surface area is 88.1 Å². The lowest BCUT2D eigenvalue weighted by atomic mass is 10.2. The van der Waals surface area contributed by atoms with Gasteiger partial charge in [-0.1, -0.05) is 0 Å². The number of hydrogen-bond donors (Lipinski definition) is 1. The lowest BCUT2D eigenvalue weighted by Crippen LogP contribution is -2.00. The third-order valence-electron chi connectivity index (χ3n) is 2.23. The molecule has 0 aromatic carbocycles. The fourth-order valence-electron chi connectivity index (χ4n) is 1.43. The summed E-state index contributed by atoms with van der Waals surface area (Å²) in [6, 6.07) is 3.65. The standard InChI is InChI=1S/C11H14N2O2/c1-8-9(4-2-6-12)15-11(13-8)10-5-3-7-14-10/h3,5,7H,2,4,6,12H2,1H3. The predicted molar refractivity (Wildman–Crippen MR) is 56.3 cm³/mol. The van der Waals surface area contributed by atoms with Gasteiger partial charge in [0.2, 0.25) is 0 Å². The van der Waals surface area contributed by atoms with Crippen LogP contribution in [0.4, 0.5) is 0 Å². The maximum atomic E-state index is 5.60. The van der Waals surface area contributed by atoms with Gasteiger partial charge in [-0.15, -0.1) is 0 Å². The van der Waals surface area contributed by atoms with Crippen LogP contribution in [0.5, 0.6) is 0 Å². The van der Waals surface area contributed by atoms with Gasteiger partial charge in [-0.3, -0.25) is 0 Å². The summed E-state index contributed by atoms with van der Waals surface area (Å²) in [6.45, 7) is 2.60. The van der Waals surface area contributed by atoms with Gasteiger partial charge in [-0.25, -0.2) is 4.98 Å². The van der Waals surface area contributed by atoms with Crippen LogP contribution in [-0.4, -0.2) is 11.5 Å². The van der Waals surface area contributed by atoms with Gasteiger partial charge >= 0.3 is 0 Å². The molecule has 2 heterocycles. The summed E-state index contributed by atoms with van der Waals surface area (Å²) in [7, 11) is 0. The van der Waals surface area contributed by atoms with E-state index < -0.39 is 0 Å². The van der Waals surface area contributed by atoms with E-state index >= 15 is 0 Å². The SMILES string of the molecule is Cc1nc(-c2ccco2)oc1CCCN. The largest absolute Gasteiger partial charge is 0.459 e. The number of nitrogens with zero attached hydrogens (tertiary/aromatic N) is 1. The molecule has 2 rings (SSSR count). The minimum Gasteiger partial charge on any atom is -0.459 e. The molecule has 0 saturated heterocycles. The van der Waals surface area contributed by atoms with Crippen LogP contribution in [0.2, 0.25) is 0 Å². The van der Waals surface area contributed by atoms with E-state index in [1.165, 1.54) is 0 Å². The normalized spacial score (nSPS) is 10.8. The first-order valence-corrected chi connectivity index (χ1v) is 5.01. The van der Waals surface area contributed by atoms with Gasteiger partial charge < -0.3 is 14.6 Å². The molecule has 2 aromatic rings. The maximum Gasteiger partial charge on any atom is 0.263 e. The van der Waals surface area contributed by atoms with Gasteiger partial charge in [0, 0.05) is 6.42 Å². The molecule has 4 nitrogen and oxygen atoms in total. The molecular formula is C11H14N2O2. The van der Waals surface area contributed by atoms with Crippen LogP contribution in [0.15, 0.2) is 27.2 Å². The highest BCUT2D eigenvalue weighted by atomic mass is 16.4. The summed E-state index contributed by atoms with van der Waals surface area (Å²) in [5.74, 6) is 2.11. The van der Waals surface area contributed by atoms with Gasteiger partial charge in [0.15, 0.2) is 5.76 Å². The molecule has 0 bridgehead atoms. The smallest absolute Gasteiger partial charge is 0.263 e. The average Bonchev–Trinajstić information content (AvgIpc) is 2.83. The molecule has 0 fully saturated rings. The van der Waals surface area contributed by atoms with Crippen molar-refractivity contribution in [1.82, 2.24) is 4.98 Å². The number of aromatic nitrogens is 1. The lowest BCUT2D eigenvalue weighted by Gasteiger charge is -1.93. The Morgan fingerprint density at radius 2 is 2.33 bits per heavy atom. The number of furan rings is 1. The van der Waals surface area contributed by atoms with Crippen molar-refractivity contribution in [3.8, 4) is 11.7 Å². The Hall–Kier alpha value is -1.55. The summed E-state index contributed by atoms with van der Waals surface area (Å²) < 4.78 is 10.8. The van der Waals surface area contributed by atoms with Crippen molar-refractivity contribution in [2.45, 2.75) is 19.8 Å². The molecule has 0 radical (unpaired) electrons. The second-order valence-corrected chi connectivity index (χ2v) is 3.40. The Balaban J connectivity index is 2.21. The predicted octanol–water partition coefficient (Wildman–Crippen LogP) is 2.13. The zero-order valence-electron chi connectivity index (χ0n) is 8.69. The molecule has 0 unspecified atom stereocenters. The lowest BCUT2D eigenvalue weighted by molar-refractivity contribution is 0.481. The first-order valence-electron chi connectivity index (χ1n) is 5.01. The highest BCUT2D eigenvalue weighted by molar-refractivity contribution is 5.44. The summed E-state index contributed by atoms with van der Waals surface area (Å²) in [6.07, 6.45) is 3.35. The minimum absolute atomic E-state index is 0.546. The molecule has 4 heteroatoms. The van der Waals surface area contributed by atoms with Crippen LogP contribution >= 0.6 is 0 Å². The van der Waals surface area contributed by atoms with E-state index in [1.54, 1.807) is 6.26 Å². The Morgan fingerprint density at radius 3 is 3.00 bits per heavy atom. The van der Waals surface area contributed by atoms with E-state index in [2.05, 4.69) is 4.98 Å². The van der Waals surface area contributed by atoms with Gasteiger partial charge in [0.25, 0.3) is 5.89 Å². The molecule has 15 heavy (non-hydrogen) atoms. The van der Waals surface area contributed by atoms with Crippen LogP contribution in [0.3, 0.4) is 0 Å². The van der Waals surface area contributed by atoms with Gasteiger partial charge in [-0.05, 0) is 32.0 Å². The number of rotatable bonds is 4. The topological polar surface area (TPSA) is 65.2 Å². The molecule has 0 amide bonds. The molecule has 0 spiro atoms. The summed E-state index contributed by atoms with van der Waals surface area (Å²) in [5, 5.41) is 0. The molecule has 80 valence electrons. The van der Waals surface area contributed by atoms with Crippen molar-refractivity contribution in [1.29, 1.82) is 0 Å². The van der Waals surface area contributed by atoms with Gasteiger partial charge in [0.1, 0.15) is 5.76 Å². The maximum absolute atomic E-state index is 5.60. The first-order chi connectivity index (χ1) is 7.31. The van der Waals surface area contributed by atoms with Crippen LogP contribution in [-0.2, 0) is 6.42 Å². The van der Waals surface area contributed by atoms with E-state index in [1.807, 2.05) is 19.1 Å². The second kappa shape index (κ2) is 4.31. The van der Waals surface area contributed by atoms with Crippen molar-refractivity contribution < 1.29 is 8.83 Å². The zero-order valence-corrected chi connectivity index (χ0v) is 8.69. The van der Waals surface area contributed by atoms with Crippen LogP contribution in [0.1, 0.15) is 17.9 Å². The fraction of sp³-hybridized carbons (Fsp3) is 0.364. The number of aryl methyl sites for hydroxylation is 2. The molecule has 0 atom stereocenters. The van der Waals surface area contributed by atoms with Crippen molar-refractivity contribution in [3.05, 3.63) is 29.9 Å². The third kappa shape index (κ3) is 2.10. The summed E-state index contributed by atoms with van der Waals surface area (Å²) in [4.78, 5) is 4.30. The first kappa shape index (κ1) is 9.98. The van der Waals surface area contributed by atoms with Gasteiger partial charge in [-0.2, -0.15) is 0 Å². The van der Waals surface area contributed by atoms with E-state index in [0.29, 0.717) is 18.2 Å². The number of oxazole rings is 1. The summed E-state index contributed by atoms with van der Waals surface area (Å²) >= 11 is 0. The summed E-state index contributed by atoms with van der Waals surface area (Å²) in [5.41, 5.74) is 6.36. The second-order valence-electron chi connectivity index (χ2n) is 3.40. The van der Waals surface area contributed by atoms with Crippen LogP contribution in [0, 0.1) is 6.92 Å². The molecule has 2 N–H and O–H groups in total. The zero-order chi connectivity index (χ0) is 10.7. The highest BCUT2D eigenvalue weighted by Gasteiger charge is 2.12. The van der Waals surface area contributed by atoms with E-state index in [0.717, 1.165) is 24.3 Å². The fourth-order valence-corrected chi connectivity index (χ4v) is 1.43. The molecule has 2 aromatic heterocycles. The van der Waals surface area contributed by atoms with Gasteiger partial charge in [0.05, 0.1) is 12.0 Å². The Morgan fingerprint density at radius 1 is 1.47 bits per heavy atom. The van der Waals surface area contributed by atoms with E-state index in [4.69, 9.17) is 14.6 Å². The Bertz CT molecular complexity index is 418.